The molecule has 1 unspecified atom stereocenters. The number of ether oxygens (including phenoxy) is 1. The van der Waals surface area contributed by atoms with E-state index in [2.05, 4.69) is 11.8 Å². The Bertz CT molecular complexity index is 403. The van der Waals surface area contributed by atoms with Crippen molar-refractivity contribution in [3.8, 4) is 0 Å². The molecule has 2 aliphatic heterocycles. The number of carbonyl (C=O) groups is 2. The van der Waals surface area contributed by atoms with Crippen molar-refractivity contribution < 1.29 is 37.7 Å². The van der Waals surface area contributed by atoms with E-state index < -0.39 is 18.1 Å². The van der Waals surface area contributed by atoms with Gasteiger partial charge in [-0.3, -0.25) is 9.69 Å². The maximum absolute atomic E-state index is 11.0. The largest absolute Gasteiger partial charge is 0.490 e. The van der Waals surface area contributed by atoms with Crippen LogP contribution in [0.25, 0.3) is 0 Å². The van der Waals surface area contributed by atoms with E-state index in [4.69, 9.17) is 19.7 Å². The van der Waals surface area contributed by atoms with Gasteiger partial charge in [0.05, 0.1) is 13.2 Å². The summed E-state index contributed by atoms with van der Waals surface area (Å²) in [5.41, 5.74) is 0.234. The predicted octanol–water partition coefficient (Wildman–Crippen LogP) is 1.60. The third-order valence-corrected chi connectivity index (χ3v) is 4.00. The number of halogens is 3. The molecule has 0 spiro atoms. The molecule has 22 heavy (non-hydrogen) atoms. The molecule has 2 aliphatic rings. The zero-order valence-corrected chi connectivity index (χ0v) is 12.2. The molecular formula is C13H20F3NO5. The van der Waals surface area contributed by atoms with Crippen LogP contribution >= 0.6 is 0 Å². The molecular weight excluding hydrogens is 307 g/mol. The number of hydrogen-bond acceptors (Lipinski definition) is 4. The van der Waals surface area contributed by atoms with E-state index in [9.17, 15) is 18.0 Å². The molecule has 0 bridgehead atoms. The van der Waals surface area contributed by atoms with Crippen LogP contribution in [0.3, 0.4) is 0 Å². The van der Waals surface area contributed by atoms with Crippen LogP contribution in [0.1, 0.15) is 26.2 Å². The van der Waals surface area contributed by atoms with Crippen molar-refractivity contribution in [1.29, 1.82) is 0 Å². The molecule has 2 N–H and O–H groups in total. The summed E-state index contributed by atoms with van der Waals surface area (Å²) in [4.78, 5) is 22.0. The summed E-state index contributed by atoms with van der Waals surface area (Å²) >= 11 is 0. The molecule has 2 fully saturated rings. The molecule has 2 heterocycles. The lowest BCUT2D eigenvalue weighted by atomic mass is 9.82. The van der Waals surface area contributed by atoms with E-state index in [1.54, 1.807) is 0 Å². The summed E-state index contributed by atoms with van der Waals surface area (Å²) in [6.07, 6.45) is -2.19. The van der Waals surface area contributed by atoms with Crippen LogP contribution in [0.4, 0.5) is 13.2 Å². The van der Waals surface area contributed by atoms with Crippen molar-refractivity contribution in [3.63, 3.8) is 0 Å². The molecule has 1 atom stereocenters. The zero-order valence-electron chi connectivity index (χ0n) is 12.2. The molecule has 0 aromatic heterocycles. The minimum absolute atomic E-state index is 0.234. The van der Waals surface area contributed by atoms with E-state index >= 15 is 0 Å². The molecule has 2 saturated heterocycles. The number of rotatable bonds is 4. The van der Waals surface area contributed by atoms with Gasteiger partial charge in [0.2, 0.25) is 0 Å². The molecule has 0 radical (unpaired) electrons. The van der Waals surface area contributed by atoms with Crippen LogP contribution in [0.2, 0.25) is 0 Å². The maximum atomic E-state index is 11.0. The summed E-state index contributed by atoms with van der Waals surface area (Å²) in [5.74, 6) is -3.42. The van der Waals surface area contributed by atoms with Gasteiger partial charge >= 0.3 is 18.1 Å². The Morgan fingerprint density at radius 3 is 2.18 bits per heavy atom. The Kier molecular flexibility index (Phi) is 6.18. The molecule has 0 saturated carbocycles. The maximum Gasteiger partial charge on any atom is 0.490 e. The number of nitrogens with zero attached hydrogens (tertiary/aromatic N) is 1. The lowest BCUT2D eigenvalue weighted by Gasteiger charge is -2.44. The van der Waals surface area contributed by atoms with Crippen molar-refractivity contribution >= 4 is 11.9 Å². The summed E-state index contributed by atoms with van der Waals surface area (Å²) < 4.78 is 37.0. The highest BCUT2D eigenvalue weighted by molar-refractivity contribution is 5.73. The SMILES string of the molecule is CCC1(CN2CCCC2C(=O)O)COC1.O=C(O)C(F)(F)F. The van der Waals surface area contributed by atoms with Crippen LogP contribution in [0.15, 0.2) is 0 Å². The highest BCUT2D eigenvalue weighted by Crippen LogP contribution is 2.34. The molecule has 9 heteroatoms. The summed E-state index contributed by atoms with van der Waals surface area (Å²) in [6, 6.07) is -0.256. The topological polar surface area (TPSA) is 87.1 Å². The smallest absolute Gasteiger partial charge is 0.480 e. The Hall–Kier alpha value is -1.35. The normalized spacial score (nSPS) is 24.1. The van der Waals surface area contributed by atoms with Gasteiger partial charge in [-0.05, 0) is 25.8 Å². The predicted molar refractivity (Wildman–Crippen MR) is 69.5 cm³/mol. The Morgan fingerprint density at radius 1 is 1.32 bits per heavy atom. The molecule has 2 rings (SSSR count). The zero-order chi connectivity index (χ0) is 17.0. The van der Waals surface area contributed by atoms with Gasteiger partial charge in [-0.25, -0.2) is 4.79 Å². The van der Waals surface area contributed by atoms with Crippen LogP contribution in [-0.2, 0) is 14.3 Å². The first kappa shape index (κ1) is 18.7. The van der Waals surface area contributed by atoms with Crippen LogP contribution in [-0.4, -0.2) is 65.6 Å². The third kappa shape index (κ3) is 4.84. The van der Waals surface area contributed by atoms with E-state index in [1.165, 1.54) is 0 Å². The fourth-order valence-electron chi connectivity index (χ4n) is 2.52. The van der Waals surface area contributed by atoms with Gasteiger partial charge in [-0.1, -0.05) is 6.92 Å². The summed E-state index contributed by atoms with van der Waals surface area (Å²) in [5, 5.41) is 16.2. The molecule has 0 amide bonds. The molecule has 6 nitrogen and oxygen atoms in total. The fraction of sp³-hybridized carbons (Fsp3) is 0.846. The van der Waals surface area contributed by atoms with Gasteiger partial charge in [-0.15, -0.1) is 0 Å². The number of alkyl halides is 3. The average molecular weight is 327 g/mol. The van der Waals surface area contributed by atoms with Crippen LogP contribution in [0.5, 0.6) is 0 Å². The minimum atomic E-state index is -5.08. The first-order chi connectivity index (χ1) is 10.1. The Morgan fingerprint density at radius 2 is 1.86 bits per heavy atom. The molecule has 0 aromatic carbocycles. The van der Waals surface area contributed by atoms with Gasteiger partial charge in [-0.2, -0.15) is 13.2 Å². The lowest BCUT2D eigenvalue weighted by molar-refractivity contribution is -0.192. The monoisotopic (exact) mass is 327 g/mol. The second-order valence-corrected chi connectivity index (χ2v) is 5.62. The van der Waals surface area contributed by atoms with E-state index in [0.717, 1.165) is 45.6 Å². The third-order valence-electron chi connectivity index (χ3n) is 4.00. The Labute approximate surface area is 125 Å². The second-order valence-electron chi connectivity index (χ2n) is 5.62. The highest BCUT2D eigenvalue weighted by Gasteiger charge is 2.42. The van der Waals surface area contributed by atoms with E-state index in [-0.39, 0.29) is 11.5 Å². The van der Waals surface area contributed by atoms with Crippen LogP contribution in [0, 0.1) is 5.41 Å². The fourth-order valence-corrected chi connectivity index (χ4v) is 2.52. The van der Waals surface area contributed by atoms with Crippen LogP contribution < -0.4 is 0 Å². The van der Waals surface area contributed by atoms with Crippen molar-refractivity contribution in [3.05, 3.63) is 0 Å². The second kappa shape index (κ2) is 7.28. The van der Waals surface area contributed by atoms with Crippen molar-refractivity contribution in [2.24, 2.45) is 5.41 Å². The number of aliphatic carboxylic acids is 2. The molecule has 0 aliphatic carbocycles. The number of carboxylic acids is 2. The lowest BCUT2D eigenvalue weighted by Crippen LogP contribution is -2.52. The van der Waals surface area contributed by atoms with Gasteiger partial charge in [0.25, 0.3) is 0 Å². The van der Waals surface area contributed by atoms with E-state index in [1.807, 2.05) is 0 Å². The first-order valence-electron chi connectivity index (χ1n) is 6.96. The summed E-state index contributed by atoms with van der Waals surface area (Å²) in [6.45, 7) is 5.58. The minimum Gasteiger partial charge on any atom is -0.480 e. The number of hydrogen-bond donors (Lipinski definition) is 2. The molecule has 0 aromatic rings. The standard InChI is InChI=1S/C11H19NO3.C2HF3O2/c1-2-11(7-15-8-11)6-12-5-3-4-9(12)10(13)14;3-2(4,5)1(6)7/h9H,2-8H2,1H3,(H,13,14);(H,6,7). The first-order valence-corrected chi connectivity index (χ1v) is 6.96. The van der Waals surface area contributed by atoms with Crippen molar-refractivity contribution in [2.45, 2.75) is 38.4 Å². The average Bonchev–Trinajstić information content (AvgIpc) is 2.81. The summed E-state index contributed by atoms with van der Waals surface area (Å²) in [7, 11) is 0. The van der Waals surface area contributed by atoms with Crippen molar-refractivity contribution in [1.82, 2.24) is 4.90 Å². The van der Waals surface area contributed by atoms with Gasteiger partial charge in [0.15, 0.2) is 0 Å². The highest BCUT2D eigenvalue weighted by atomic mass is 19.4. The van der Waals surface area contributed by atoms with Crippen molar-refractivity contribution in [2.75, 3.05) is 26.3 Å². The Balaban J connectivity index is 0.000000295. The number of carboxylic acid groups (broad SMARTS) is 2. The molecule has 128 valence electrons. The van der Waals surface area contributed by atoms with Gasteiger partial charge < -0.3 is 14.9 Å². The number of likely N-dealkylation sites (tertiary alicyclic amines) is 1. The quantitative estimate of drug-likeness (QED) is 0.815. The van der Waals surface area contributed by atoms with Gasteiger partial charge in [0, 0.05) is 12.0 Å². The van der Waals surface area contributed by atoms with E-state index in [0.29, 0.717) is 0 Å². The van der Waals surface area contributed by atoms with Gasteiger partial charge in [0.1, 0.15) is 6.04 Å².